The van der Waals surface area contributed by atoms with Gasteiger partial charge in [-0.25, -0.2) is 0 Å². The highest BCUT2D eigenvalue weighted by Crippen LogP contribution is 2.17. The van der Waals surface area contributed by atoms with Crippen molar-refractivity contribution in [1.29, 1.82) is 0 Å². The van der Waals surface area contributed by atoms with E-state index in [1.807, 2.05) is 0 Å². The Bertz CT molecular complexity index is 261. The highest BCUT2D eigenvalue weighted by Gasteiger charge is 2.26. The minimum Gasteiger partial charge on any atom is -0.305 e. The zero-order valence-corrected chi connectivity index (χ0v) is 12.5. The van der Waals surface area contributed by atoms with Crippen molar-refractivity contribution >= 4 is 15.9 Å². The third kappa shape index (κ3) is 4.05. The van der Waals surface area contributed by atoms with Gasteiger partial charge in [0.15, 0.2) is 0 Å². The van der Waals surface area contributed by atoms with E-state index in [2.05, 4.69) is 44.3 Å². The maximum absolute atomic E-state index is 3.92. The molecule has 0 aromatic heterocycles. The number of likely N-dealkylation sites (tertiary alicyclic amines) is 1. The highest BCUT2D eigenvalue weighted by atomic mass is 79.9. The van der Waals surface area contributed by atoms with Crippen molar-refractivity contribution in [3.05, 3.63) is 11.1 Å². The molecule has 2 saturated heterocycles. The van der Waals surface area contributed by atoms with Gasteiger partial charge in [-0.3, -0.25) is 9.80 Å². The quantitative estimate of drug-likeness (QED) is 0.784. The minimum atomic E-state index is 0.795. The molecule has 2 rings (SSSR count). The SMILES string of the molecule is C=C(Br)CN1CCN([C@H]2CCCN(C)C2)CC1. The Kier molecular flexibility index (Phi) is 5.03. The van der Waals surface area contributed by atoms with Crippen LogP contribution in [0.4, 0.5) is 0 Å². The van der Waals surface area contributed by atoms with Crippen LogP contribution >= 0.6 is 15.9 Å². The maximum Gasteiger partial charge on any atom is 0.0294 e. The predicted octanol–water partition coefficient (Wildman–Crippen LogP) is 1.61. The van der Waals surface area contributed by atoms with E-state index in [4.69, 9.17) is 0 Å². The number of rotatable bonds is 3. The Labute approximate surface area is 114 Å². The lowest BCUT2D eigenvalue weighted by molar-refractivity contribution is 0.0634. The lowest BCUT2D eigenvalue weighted by Crippen LogP contribution is -2.54. The van der Waals surface area contributed by atoms with Crippen molar-refractivity contribution < 1.29 is 0 Å². The number of piperazine rings is 1. The van der Waals surface area contributed by atoms with Gasteiger partial charge >= 0.3 is 0 Å². The number of nitrogens with zero attached hydrogens (tertiary/aromatic N) is 3. The summed E-state index contributed by atoms with van der Waals surface area (Å²) >= 11 is 3.45. The number of hydrogen-bond acceptors (Lipinski definition) is 3. The molecule has 1 atom stereocenters. The molecule has 2 aliphatic heterocycles. The summed E-state index contributed by atoms with van der Waals surface area (Å²) in [6.45, 7) is 12.3. The van der Waals surface area contributed by atoms with Crippen molar-refractivity contribution in [2.24, 2.45) is 0 Å². The second kappa shape index (κ2) is 6.32. The van der Waals surface area contributed by atoms with E-state index >= 15 is 0 Å². The molecule has 0 saturated carbocycles. The molecule has 0 radical (unpaired) electrons. The van der Waals surface area contributed by atoms with Crippen LogP contribution in [0.15, 0.2) is 11.1 Å². The Balaban J connectivity index is 1.76. The zero-order chi connectivity index (χ0) is 12.3. The first kappa shape index (κ1) is 13.5. The summed E-state index contributed by atoms with van der Waals surface area (Å²) in [5.74, 6) is 0. The highest BCUT2D eigenvalue weighted by molar-refractivity contribution is 9.11. The van der Waals surface area contributed by atoms with Crippen LogP contribution in [-0.2, 0) is 0 Å². The zero-order valence-electron chi connectivity index (χ0n) is 10.9. The largest absolute Gasteiger partial charge is 0.305 e. The summed E-state index contributed by atoms with van der Waals surface area (Å²) in [6.07, 6.45) is 2.75. The first-order valence-corrected chi connectivity index (χ1v) is 7.42. The second-order valence-electron chi connectivity index (χ2n) is 5.39. The van der Waals surface area contributed by atoms with Gasteiger partial charge in [0.1, 0.15) is 0 Å². The summed E-state index contributed by atoms with van der Waals surface area (Å²) in [4.78, 5) is 7.64. The third-order valence-electron chi connectivity index (χ3n) is 3.92. The van der Waals surface area contributed by atoms with Gasteiger partial charge in [0, 0.05) is 49.8 Å². The van der Waals surface area contributed by atoms with Gasteiger partial charge in [0.2, 0.25) is 0 Å². The topological polar surface area (TPSA) is 9.72 Å². The van der Waals surface area contributed by atoms with Crippen LogP contribution in [0.25, 0.3) is 0 Å². The molecule has 2 fully saturated rings. The van der Waals surface area contributed by atoms with E-state index in [0.717, 1.165) is 17.1 Å². The van der Waals surface area contributed by atoms with Crippen LogP contribution < -0.4 is 0 Å². The van der Waals surface area contributed by atoms with Crippen LogP contribution in [0.2, 0.25) is 0 Å². The number of likely N-dealkylation sites (N-methyl/N-ethyl adjacent to an activating group) is 1. The Morgan fingerprint density at radius 2 is 1.94 bits per heavy atom. The lowest BCUT2D eigenvalue weighted by Gasteiger charge is -2.42. The van der Waals surface area contributed by atoms with Crippen molar-refractivity contribution in [2.75, 3.05) is 52.9 Å². The molecule has 4 heteroatoms. The molecule has 98 valence electrons. The molecular weight excluding hydrogens is 278 g/mol. The summed E-state index contributed by atoms with van der Waals surface area (Å²) < 4.78 is 1.10. The summed E-state index contributed by atoms with van der Waals surface area (Å²) in [7, 11) is 2.25. The van der Waals surface area contributed by atoms with Crippen LogP contribution in [0.5, 0.6) is 0 Å². The predicted molar refractivity (Wildman–Crippen MR) is 76.6 cm³/mol. The molecule has 0 aliphatic carbocycles. The second-order valence-corrected chi connectivity index (χ2v) is 6.51. The molecule has 0 aromatic rings. The number of piperidine rings is 1. The van der Waals surface area contributed by atoms with Crippen LogP contribution in [-0.4, -0.2) is 73.6 Å². The first-order valence-electron chi connectivity index (χ1n) is 6.63. The van der Waals surface area contributed by atoms with Gasteiger partial charge in [-0.05, 0) is 26.4 Å². The van der Waals surface area contributed by atoms with E-state index in [9.17, 15) is 0 Å². The van der Waals surface area contributed by atoms with Crippen LogP contribution in [0.3, 0.4) is 0 Å². The molecule has 0 amide bonds. The molecule has 0 bridgehead atoms. The van der Waals surface area contributed by atoms with Crippen LogP contribution in [0, 0.1) is 0 Å². The van der Waals surface area contributed by atoms with Crippen molar-refractivity contribution in [3.63, 3.8) is 0 Å². The Morgan fingerprint density at radius 1 is 1.24 bits per heavy atom. The molecule has 0 spiro atoms. The fraction of sp³-hybridized carbons (Fsp3) is 0.846. The minimum absolute atomic E-state index is 0.795. The smallest absolute Gasteiger partial charge is 0.0294 e. The number of halogens is 1. The molecule has 2 aliphatic rings. The Hall–Kier alpha value is 0.1000. The van der Waals surface area contributed by atoms with E-state index in [1.165, 1.54) is 52.1 Å². The van der Waals surface area contributed by atoms with E-state index in [0.29, 0.717) is 0 Å². The van der Waals surface area contributed by atoms with E-state index < -0.39 is 0 Å². The van der Waals surface area contributed by atoms with Gasteiger partial charge in [-0.2, -0.15) is 0 Å². The number of hydrogen-bond donors (Lipinski definition) is 0. The fourth-order valence-electron chi connectivity index (χ4n) is 2.97. The van der Waals surface area contributed by atoms with Gasteiger partial charge in [-0.1, -0.05) is 22.5 Å². The normalized spacial score (nSPS) is 29.4. The molecule has 3 nitrogen and oxygen atoms in total. The third-order valence-corrected chi connectivity index (χ3v) is 4.17. The van der Waals surface area contributed by atoms with Gasteiger partial charge in [0.05, 0.1) is 0 Å². The molecule has 0 N–H and O–H groups in total. The van der Waals surface area contributed by atoms with Crippen molar-refractivity contribution in [3.8, 4) is 0 Å². The molecule has 17 heavy (non-hydrogen) atoms. The fourth-order valence-corrected chi connectivity index (χ4v) is 3.32. The average molecular weight is 302 g/mol. The molecule has 0 aromatic carbocycles. The standard InChI is InChI=1S/C13H24BrN3/c1-12(14)10-16-6-8-17(9-7-16)13-4-3-5-15(2)11-13/h13H,1,3-11H2,2H3/t13-/m0/s1. The van der Waals surface area contributed by atoms with Crippen molar-refractivity contribution in [2.45, 2.75) is 18.9 Å². The lowest BCUT2D eigenvalue weighted by atomic mass is 10.0. The molecular formula is C13H24BrN3. The van der Waals surface area contributed by atoms with Gasteiger partial charge < -0.3 is 4.90 Å². The Morgan fingerprint density at radius 3 is 2.53 bits per heavy atom. The monoisotopic (exact) mass is 301 g/mol. The van der Waals surface area contributed by atoms with Crippen LogP contribution in [0.1, 0.15) is 12.8 Å². The summed E-state index contributed by atoms with van der Waals surface area (Å²) in [6, 6.07) is 0.795. The van der Waals surface area contributed by atoms with Gasteiger partial charge in [-0.15, -0.1) is 0 Å². The first-order chi connectivity index (χ1) is 8.15. The maximum atomic E-state index is 3.92. The summed E-state index contributed by atoms with van der Waals surface area (Å²) in [5.41, 5.74) is 0. The van der Waals surface area contributed by atoms with Gasteiger partial charge in [0.25, 0.3) is 0 Å². The molecule has 2 heterocycles. The molecule has 0 unspecified atom stereocenters. The van der Waals surface area contributed by atoms with E-state index in [-0.39, 0.29) is 0 Å². The van der Waals surface area contributed by atoms with Crippen molar-refractivity contribution in [1.82, 2.24) is 14.7 Å². The van der Waals surface area contributed by atoms with E-state index in [1.54, 1.807) is 0 Å². The summed E-state index contributed by atoms with van der Waals surface area (Å²) in [5, 5.41) is 0. The average Bonchev–Trinajstić information content (AvgIpc) is 2.29.